The molecule has 0 spiro atoms. The number of aliphatic carboxylic acids is 1. The molecule has 5 heteroatoms. The second kappa shape index (κ2) is 6.12. The molecule has 1 heterocycles. The Hall–Kier alpha value is -1.10. The number of amides is 1. The van der Waals surface area contributed by atoms with Crippen molar-refractivity contribution in [2.75, 3.05) is 19.8 Å². The summed E-state index contributed by atoms with van der Waals surface area (Å²) in [7, 11) is 0. The Labute approximate surface area is 120 Å². The average molecular weight is 283 g/mol. The van der Waals surface area contributed by atoms with Crippen molar-refractivity contribution in [1.82, 2.24) is 4.90 Å². The third kappa shape index (κ3) is 2.82. The molecular weight excluding hydrogens is 258 g/mol. The van der Waals surface area contributed by atoms with Crippen molar-refractivity contribution < 1.29 is 19.4 Å². The maximum atomic E-state index is 12.9. The zero-order valence-corrected chi connectivity index (χ0v) is 12.4. The highest BCUT2D eigenvalue weighted by Crippen LogP contribution is 2.40. The van der Waals surface area contributed by atoms with E-state index in [0.717, 1.165) is 32.1 Å². The van der Waals surface area contributed by atoms with Crippen LogP contribution in [0.1, 0.15) is 46.0 Å². The number of rotatable bonds is 5. The average Bonchev–Trinajstić information content (AvgIpc) is 3.04. The summed E-state index contributed by atoms with van der Waals surface area (Å²) >= 11 is 0. The molecule has 0 radical (unpaired) electrons. The van der Waals surface area contributed by atoms with Gasteiger partial charge in [-0.15, -0.1) is 0 Å². The smallest absolute Gasteiger partial charge is 0.311 e. The van der Waals surface area contributed by atoms with Crippen molar-refractivity contribution in [2.45, 2.75) is 52.0 Å². The Balaban J connectivity index is 2.17. The standard InChI is InChI=1S/C15H25NO4/c1-3-8-16(12-10-20-9-11(12)13(17)18)14(19)15(2)6-4-5-7-15/h11-12H,3-10H2,1-2H3,(H,17,18). The highest BCUT2D eigenvalue weighted by molar-refractivity contribution is 5.84. The van der Waals surface area contributed by atoms with Crippen LogP contribution in [0.4, 0.5) is 0 Å². The Kier molecular flexibility index (Phi) is 4.68. The summed E-state index contributed by atoms with van der Waals surface area (Å²) in [6.07, 6.45) is 4.84. The summed E-state index contributed by atoms with van der Waals surface area (Å²) in [6, 6.07) is -0.308. The van der Waals surface area contributed by atoms with E-state index in [2.05, 4.69) is 0 Å². The fraction of sp³-hybridized carbons (Fsp3) is 0.867. The van der Waals surface area contributed by atoms with Gasteiger partial charge in [0.2, 0.25) is 5.91 Å². The minimum Gasteiger partial charge on any atom is -0.481 e. The Morgan fingerprint density at radius 1 is 1.30 bits per heavy atom. The van der Waals surface area contributed by atoms with Gasteiger partial charge in [-0.3, -0.25) is 9.59 Å². The lowest BCUT2D eigenvalue weighted by Gasteiger charge is -2.36. The number of hydrogen-bond donors (Lipinski definition) is 1. The van der Waals surface area contributed by atoms with Crippen LogP contribution in [0, 0.1) is 11.3 Å². The van der Waals surface area contributed by atoms with Gasteiger partial charge in [-0.2, -0.15) is 0 Å². The maximum Gasteiger partial charge on any atom is 0.311 e. The van der Waals surface area contributed by atoms with E-state index in [1.54, 1.807) is 4.90 Å². The molecule has 5 nitrogen and oxygen atoms in total. The van der Waals surface area contributed by atoms with Crippen LogP contribution in [0.15, 0.2) is 0 Å². The van der Waals surface area contributed by atoms with E-state index in [0.29, 0.717) is 13.2 Å². The summed E-state index contributed by atoms with van der Waals surface area (Å²) in [6.45, 7) is 5.22. The number of carboxylic acid groups (broad SMARTS) is 1. The van der Waals surface area contributed by atoms with Crippen molar-refractivity contribution >= 4 is 11.9 Å². The van der Waals surface area contributed by atoms with Gasteiger partial charge in [-0.05, 0) is 19.3 Å². The van der Waals surface area contributed by atoms with Crippen LogP contribution in [0.25, 0.3) is 0 Å². The number of carbonyl (C=O) groups is 2. The van der Waals surface area contributed by atoms with Crippen LogP contribution in [-0.2, 0) is 14.3 Å². The maximum absolute atomic E-state index is 12.9. The fourth-order valence-electron chi connectivity index (χ4n) is 3.46. The first-order valence-electron chi connectivity index (χ1n) is 7.61. The van der Waals surface area contributed by atoms with Crippen LogP contribution in [-0.4, -0.2) is 47.7 Å². The molecule has 1 aliphatic heterocycles. The number of carbonyl (C=O) groups excluding carboxylic acids is 1. The number of nitrogens with zero attached hydrogens (tertiary/aromatic N) is 1. The molecule has 2 rings (SSSR count). The van der Waals surface area contributed by atoms with E-state index in [9.17, 15) is 14.7 Å². The molecule has 1 saturated heterocycles. The van der Waals surface area contributed by atoms with Crippen molar-refractivity contribution in [3.8, 4) is 0 Å². The minimum absolute atomic E-state index is 0.124. The van der Waals surface area contributed by atoms with Crippen molar-refractivity contribution in [3.63, 3.8) is 0 Å². The Morgan fingerprint density at radius 2 is 1.95 bits per heavy atom. The first-order chi connectivity index (χ1) is 9.49. The topological polar surface area (TPSA) is 66.8 Å². The number of ether oxygens (including phenoxy) is 1. The predicted octanol–water partition coefficient (Wildman–Crippen LogP) is 1.90. The van der Waals surface area contributed by atoms with Gasteiger partial charge in [0, 0.05) is 12.0 Å². The van der Waals surface area contributed by atoms with Gasteiger partial charge < -0.3 is 14.7 Å². The first kappa shape index (κ1) is 15.3. The van der Waals surface area contributed by atoms with Gasteiger partial charge in [0.15, 0.2) is 0 Å². The molecule has 2 atom stereocenters. The number of hydrogen-bond acceptors (Lipinski definition) is 3. The quantitative estimate of drug-likeness (QED) is 0.837. The largest absolute Gasteiger partial charge is 0.481 e. The molecule has 2 fully saturated rings. The van der Waals surface area contributed by atoms with Crippen LogP contribution in [0.3, 0.4) is 0 Å². The summed E-state index contributed by atoms with van der Waals surface area (Å²) in [4.78, 5) is 26.0. The molecular formula is C15H25NO4. The van der Waals surface area contributed by atoms with Gasteiger partial charge in [-0.25, -0.2) is 0 Å². The molecule has 0 aromatic rings. The Bertz CT molecular complexity index is 376. The van der Waals surface area contributed by atoms with Gasteiger partial charge in [0.05, 0.1) is 19.3 Å². The molecule has 1 N–H and O–H groups in total. The van der Waals surface area contributed by atoms with E-state index in [1.165, 1.54) is 0 Å². The summed E-state index contributed by atoms with van der Waals surface area (Å²) < 4.78 is 5.33. The van der Waals surface area contributed by atoms with Gasteiger partial charge in [-0.1, -0.05) is 26.7 Å². The number of carboxylic acids is 1. The second-order valence-corrected chi connectivity index (χ2v) is 6.32. The second-order valence-electron chi connectivity index (χ2n) is 6.32. The molecule has 1 saturated carbocycles. The zero-order chi connectivity index (χ0) is 14.8. The first-order valence-corrected chi connectivity index (χ1v) is 7.61. The third-order valence-corrected chi connectivity index (χ3v) is 4.72. The van der Waals surface area contributed by atoms with Crippen LogP contribution >= 0.6 is 0 Å². The van der Waals surface area contributed by atoms with Crippen LogP contribution < -0.4 is 0 Å². The molecule has 1 aliphatic carbocycles. The monoisotopic (exact) mass is 283 g/mol. The molecule has 114 valence electrons. The zero-order valence-electron chi connectivity index (χ0n) is 12.4. The van der Waals surface area contributed by atoms with Gasteiger partial charge >= 0.3 is 5.97 Å². The van der Waals surface area contributed by atoms with E-state index in [4.69, 9.17) is 4.74 Å². The van der Waals surface area contributed by atoms with E-state index in [-0.39, 0.29) is 24.0 Å². The van der Waals surface area contributed by atoms with E-state index in [1.807, 2.05) is 13.8 Å². The van der Waals surface area contributed by atoms with E-state index < -0.39 is 11.9 Å². The third-order valence-electron chi connectivity index (χ3n) is 4.72. The molecule has 20 heavy (non-hydrogen) atoms. The van der Waals surface area contributed by atoms with Crippen molar-refractivity contribution in [2.24, 2.45) is 11.3 Å². The van der Waals surface area contributed by atoms with Crippen LogP contribution in [0.2, 0.25) is 0 Å². The fourth-order valence-corrected chi connectivity index (χ4v) is 3.46. The SMILES string of the molecule is CCCN(C(=O)C1(C)CCCC1)C1COCC1C(=O)O. The highest BCUT2D eigenvalue weighted by atomic mass is 16.5. The van der Waals surface area contributed by atoms with E-state index >= 15 is 0 Å². The summed E-state index contributed by atoms with van der Waals surface area (Å²) in [5.41, 5.74) is -0.305. The molecule has 2 aliphatic rings. The summed E-state index contributed by atoms with van der Waals surface area (Å²) in [5.74, 6) is -1.33. The normalized spacial score (nSPS) is 28.5. The van der Waals surface area contributed by atoms with Gasteiger partial charge in [0.25, 0.3) is 0 Å². The minimum atomic E-state index is -0.863. The lowest BCUT2D eigenvalue weighted by molar-refractivity contribution is -0.148. The lowest BCUT2D eigenvalue weighted by atomic mass is 9.85. The molecule has 0 bridgehead atoms. The predicted molar refractivity (Wildman–Crippen MR) is 74.3 cm³/mol. The molecule has 2 unspecified atom stereocenters. The molecule has 1 amide bonds. The lowest BCUT2D eigenvalue weighted by Crippen LogP contribution is -2.51. The van der Waals surface area contributed by atoms with Crippen LogP contribution in [0.5, 0.6) is 0 Å². The summed E-state index contributed by atoms with van der Waals surface area (Å²) in [5, 5.41) is 9.29. The van der Waals surface area contributed by atoms with Crippen molar-refractivity contribution in [3.05, 3.63) is 0 Å². The van der Waals surface area contributed by atoms with Crippen molar-refractivity contribution in [1.29, 1.82) is 0 Å². The molecule has 0 aromatic carbocycles. The molecule has 0 aromatic heterocycles. The Morgan fingerprint density at radius 3 is 2.50 bits per heavy atom. The highest BCUT2D eigenvalue weighted by Gasteiger charge is 2.45. The van der Waals surface area contributed by atoms with Gasteiger partial charge in [0.1, 0.15) is 5.92 Å².